The smallest absolute Gasteiger partial charge is 0.251 e. The molecule has 1 saturated heterocycles. The maximum Gasteiger partial charge on any atom is 0.251 e. The number of likely N-dealkylation sites (tertiary alicyclic amines) is 1. The quantitative estimate of drug-likeness (QED) is 0.583. The zero-order chi connectivity index (χ0) is 25.7. The Kier molecular flexibility index (Phi) is 6.68. The minimum absolute atomic E-state index is 0.0608. The molecule has 35 heavy (non-hydrogen) atoms. The molecule has 0 aromatic heterocycles. The van der Waals surface area contributed by atoms with Crippen molar-refractivity contribution < 1.29 is 19.8 Å². The molecule has 1 atom stereocenters. The summed E-state index contributed by atoms with van der Waals surface area (Å²) in [6.07, 6.45) is 0.423. The van der Waals surface area contributed by atoms with Gasteiger partial charge in [0.05, 0.1) is 6.10 Å². The van der Waals surface area contributed by atoms with E-state index in [0.29, 0.717) is 43.9 Å². The van der Waals surface area contributed by atoms with Crippen LogP contribution in [0.2, 0.25) is 0 Å². The van der Waals surface area contributed by atoms with E-state index in [1.54, 1.807) is 11.0 Å². The van der Waals surface area contributed by atoms with Gasteiger partial charge >= 0.3 is 0 Å². The second-order valence-electron chi connectivity index (χ2n) is 11.1. The molecule has 0 bridgehead atoms. The van der Waals surface area contributed by atoms with E-state index in [0.717, 1.165) is 27.8 Å². The predicted molar refractivity (Wildman–Crippen MR) is 136 cm³/mol. The molecule has 2 aromatic rings. The number of hydrogen-bond acceptors (Lipinski definition) is 5. The fourth-order valence-electron chi connectivity index (χ4n) is 5.02. The molecule has 2 aliphatic heterocycles. The van der Waals surface area contributed by atoms with Crippen molar-refractivity contribution in [3.8, 4) is 5.75 Å². The molecule has 0 radical (unpaired) electrons. The summed E-state index contributed by atoms with van der Waals surface area (Å²) in [5.74, 6) is -0.0872. The normalized spacial score (nSPS) is 18.7. The number of β-amino-alcohol motifs (C(OH)–C–C–N with tert-alkyl or cyclic N) is 1. The lowest BCUT2D eigenvalue weighted by atomic mass is 9.86. The highest BCUT2D eigenvalue weighted by Crippen LogP contribution is 2.37. The van der Waals surface area contributed by atoms with E-state index < -0.39 is 11.5 Å². The lowest BCUT2D eigenvalue weighted by molar-refractivity contribution is -0.146. The van der Waals surface area contributed by atoms with Gasteiger partial charge in [0, 0.05) is 37.3 Å². The molecule has 2 amide bonds. The van der Waals surface area contributed by atoms with Crippen LogP contribution in [0.15, 0.2) is 24.3 Å². The van der Waals surface area contributed by atoms with Crippen molar-refractivity contribution in [1.29, 1.82) is 0 Å². The number of aliphatic hydroxyl groups excluding tert-OH is 1. The number of carbonyl (C=O) groups is 2. The Morgan fingerprint density at radius 3 is 2.40 bits per heavy atom. The van der Waals surface area contributed by atoms with E-state index >= 15 is 0 Å². The van der Waals surface area contributed by atoms with Crippen LogP contribution >= 0.6 is 0 Å². The topological polar surface area (TPSA) is 93.1 Å². The van der Waals surface area contributed by atoms with Crippen LogP contribution in [0.4, 0.5) is 5.69 Å². The summed E-state index contributed by atoms with van der Waals surface area (Å²) in [5, 5.41) is 23.0. The number of anilines is 1. The van der Waals surface area contributed by atoms with E-state index in [2.05, 4.69) is 22.3 Å². The first-order chi connectivity index (χ1) is 16.4. The second kappa shape index (κ2) is 9.28. The SMILES string of the molecule is Cc1cc(NC(=O)C2c3cc(CN4CC(O)C4)ccc3CCN2C(=O)C(C)(C)C)c(C)c(C)c1O. The van der Waals surface area contributed by atoms with Crippen molar-refractivity contribution in [2.45, 2.75) is 66.7 Å². The van der Waals surface area contributed by atoms with Gasteiger partial charge in [-0.3, -0.25) is 14.5 Å². The summed E-state index contributed by atoms with van der Waals surface area (Å²) in [6, 6.07) is 7.23. The number of carbonyl (C=O) groups excluding carboxylic acids is 2. The predicted octanol–water partition coefficient (Wildman–Crippen LogP) is 3.60. The molecule has 2 heterocycles. The molecule has 188 valence electrons. The van der Waals surface area contributed by atoms with Gasteiger partial charge < -0.3 is 20.4 Å². The average molecular weight is 480 g/mol. The molecular formula is C28H37N3O4. The molecule has 1 unspecified atom stereocenters. The largest absolute Gasteiger partial charge is 0.507 e. The molecule has 1 fully saturated rings. The first kappa shape index (κ1) is 25.2. The van der Waals surface area contributed by atoms with Gasteiger partial charge in [-0.05, 0) is 66.6 Å². The Labute approximate surface area is 207 Å². The van der Waals surface area contributed by atoms with E-state index in [-0.39, 0.29) is 23.7 Å². The molecular weight excluding hydrogens is 442 g/mol. The molecule has 4 rings (SSSR count). The number of nitrogens with zero attached hydrogens (tertiary/aromatic N) is 2. The molecule has 3 N–H and O–H groups in total. The molecule has 2 aliphatic rings. The number of amides is 2. The van der Waals surface area contributed by atoms with Crippen molar-refractivity contribution in [2.24, 2.45) is 5.41 Å². The maximum atomic E-state index is 13.9. The molecule has 2 aromatic carbocycles. The van der Waals surface area contributed by atoms with E-state index in [1.807, 2.05) is 47.6 Å². The first-order valence-electron chi connectivity index (χ1n) is 12.3. The van der Waals surface area contributed by atoms with Gasteiger partial charge in [0.15, 0.2) is 0 Å². The van der Waals surface area contributed by atoms with Gasteiger partial charge in [-0.2, -0.15) is 0 Å². The monoisotopic (exact) mass is 479 g/mol. The van der Waals surface area contributed by atoms with Crippen LogP contribution in [0.5, 0.6) is 5.75 Å². The highest BCUT2D eigenvalue weighted by Gasteiger charge is 2.40. The standard InChI is InChI=1S/C28H37N3O4/c1-16-11-23(17(2)18(3)25(16)33)29-26(34)24-22-12-19(13-30-14-21(32)15-30)7-8-20(22)9-10-31(24)27(35)28(4,5)6/h7-8,11-12,21,24,32-33H,9-10,13-15H2,1-6H3,(H,29,34). The number of aliphatic hydroxyl groups is 1. The number of hydrogen-bond donors (Lipinski definition) is 3. The molecule has 7 heteroatoms. The third kappa shape index (κ3) is 4.93. The summed E-state index contributed by atoms with van der Waals surface area (Å²) < 4.78 is 0. The van der Waals surface area contributed by atoms with Gasteiger partial charge in [-0.25, -0.2) is 0 Å². The maximum absolute atomic E-state index is 13.9. The number of benzene rings is 2. The minimum atomic E-state index is -0.749. The highest BCUT2D eigenvalue weighted by molar-refractivity contribution is 5.99. The second-order valence-corrected chi connectivity index (χ2v) is 11.1. The van der Waals surface area contributed by atoms with Crippen LogP contribution in [-0.2, 0) is 22.6 Å². The first-order valence-corrected chi connectivity index (χ1v) is 12.3. The Hall–Kier alpha value is -2.90. The summed E-state index contributed by atoms with van der Waals surface area (Å²) in [4.78, 5) is 31.2. The third-order valence-corrected chi connectivity index (χ3v) is 7.25. The fourth-order valence-corrected chi connectivity index (χ4v) is 5.02. The Balaban J connectivity index is 1.72. The fraction of sp³-hybridized carbons (Fsp3) is 0.500. The van der Waals surface area contributed by atoms with Gasteiger partial charge in [0.2, 0.25) is 5.91 Å². The third-order valence-electron chi connectivity index (χ3n) is 7.25. The highest BCUT2D eigenvalue weighted by atomic mass is 16.3. The van der Waals surface area contributed by atoms with Gasteiger partial charge in [-0.1, -0.05) is 39.0 Å². The number of aryl methyl sites for hydroxylation is 1. The minimum Gasteiger partial charge on any atom is -0.507 e. The lowest BCUT2D eigenvalue weighted by Gasteiger charge is -2.40. The zero-order valence-corrected chi connectivity index (χ0v) is 21.6. The number of nitrogens with one attached hydrogen (secondary N) is 1. The van der Waals surface area contributed by atoms with E-state index in [4.69, 9.17) is 0 Å². The van der Waals surface area contributed by atoms with Gasteiger partial charge in [0.1, 0.15) is 11.8 Å². The Bertz CT molecular complexity index is 1160. The molecule has 0 saturated carbocycles. The lowest BCUT2D eigenvalue weighted by Crippen LogP contribution is -2.50. The van der Waals surface area contributed by atoms with Crippen LogP contribution in [-0.4, -0.2) is 57.6 Å². The van der Waals surface area contributed by atoms with Crippen LogP contribution in [0, 0.1) is 26.2 Å². The number of rotatable bonds is 4. The molecule has 0 aliphatic carbocycles. The van der Waals surface area contributed by atoms with Crippen molar-refractivity contribution in [3.63, 3.8) is 0 Å². The van der Waals surface area contributed by atoms with Crippen LogP contribution < -0.4 is 5.32 Å². The van der Waals surface area contributed by atoms with Crippen LogP contribution in [0.25, 0.3) is 0 Å². The van der Waals surface area contributed by atoms with Crippen molar-refractivity contribution in [3.05, 3.63) is 57.6 Å². The average Bonchev–Trinajstić information content (AvgIpc) is 2.78. The number of phenols is 1. The molecule has 0 spiro atoms. The van der Waals surface area contributed by atoms with Crippen LogP contribution in [0.3, 0.4) is 0 Å². The summed E-state index contributed by atoms with van der Waals surface area (Å²) in [6.45, 7) is 13.6. The Morgan fingerprint density at radius 2 is 1.77 bits per heavy atom. The number of aromatic hydroxyl groups is 1. The van der Waals surface area contributed by atoms with E-state index in [1.165, 1.54) is 0 Å². The number of phenolic OH excluding ortho intramolecular Hbond substituents is 1. The van der Waals surface area contributed by atoms with Crippen molar-refractivity contribution in [1.82, 2.24) is 9.80 Å². The zero-order valence-electron chi connectivity index (χ0n) is 21.6. The van der Waals surface area contributed by atoms with Crippen LogP contribution in [0.1, 0.15) is 60.2 Å². The summed E-state index contributed by atoms with van der Waals surface area (Å²) in [5.41, 5.74) is 5.23. The number of fused-ring (bicyclic) bond motifs is 1. The van der Waals surface area contributed by atoms with Crippen molar-refractivity contribution >= 4 is 17.5 Å². The Morgan fingerprint density at radius 1 is 1.09 bits per heavy atom. The summed E-state index contributed by atoms with van der Waals surface area (Å²) in [7, 11) is 0. The van der Waals surface area contributed by atoms with Gasteiger partial charge in [0.25, 0.3) is 5.91 Å². The van der Waals surface area contributed by atoms with Gasteiger partial charge in [-0.15, -0.1) is 0 Å². The van der Waals surface area contributed by atoms with E-state index in [9.17, 15) is 19.8 Å². The molecule has 7 nitrogen and oxygen atoms in total. The summed E-state index contributed by atoms with van der Waals surface area (Å²) >= 11 is 0. The van der Waals surface area contributed by atoms with Crippen molar-refractivity contribution in [2.75, 3.05) is 25.0 Å².